The third-order valence-corrected chi connectivity index (χ3v) is 11.2. The van der Waals surface area contributed by atoms with Gasteiger partial charge in [-0.2, -0.15) is 0 Å². The number of rotatable bonds is 10. The highest BCUT2D eigenvalue weighted by Gasteiger charge is 2.50. The topological polar surface area (TPSA) is 80.5 Å². The number of halogens is 1. The Hall–Kier alpha value is -3.40. The molecule has 4 atom stereocenters. The monoisotopic (exact) mass is 572 g/mol. The quantitative estimate of drug-likeness (QED) is 0.180. The minimum atomic E-state index is -2.96. The van der Waals surface area contributed by atoms with Gasteiger partial charge in [0.2, 0.25) is 8.41 Å². The van der Waals surface area contributed by atoms with Crippen LogP contribution in [0.3, 0.4) is 0 Å². The van der Waals surface area contributed by atoms with Crippen LogP contribution in [0.15, 0.2) is 66.9 Å². The maximum absolute atomic E-state index is 15.5. The zero-order valence-corrected chi connectivity index (χ0v) is 24.8. The lowest BCUT2D eigenvalue weighted by molar-refractivity contribution is 0.0247. The molecular weight excluding hydrogens is 535 g/mol. The van der Waals surface area contributed by atoms with Gasteiger partial charge in [-0.1, -0.05) is 48.5 Å². The number of aliphatic hydroxyl groups excluding tert-OH is 1. The molecular formula is C32H37FN4O3Si. The van der Waals surface area contributed by atoms with Gasteiger partial charge in [0.1, 0.15) is 0 Å². The van der Waals surface area contributed by atoms with E-state index in [4.69, 9.17) is 9.84 Å². The van der Waals surface area contributed by atoms with E-state index in [0.717, 1.165) is 46.2 Å². The van der Waals surface area contributed by atoms with Crippen LogP contribution in [-0.2, 0) is 24.1 Å². The van der Waals surface area contributed by atoms with Gasteiger partial charge in [-0.25, -0.2) is 0 Å². The number of ether oxygens (including phenoxy) is 1. The third kappa shape index (κ3) is 5.34. The lowest BCUT2D eigenvalue weighted by Gasteiger charge is -2.28. The van der Waals surface area contributed by atoms with Crippen molar-refractivity contribution in [3.05, 3.63) is 83.7 Å². The van der Waals surface area contributed by atoms with Gasteiger partial charge in [0.05, 0.1) is 29.2 Å². The number of hydrogen-bond acceptors (Lipinski definition) is 5. The molecule has 4 aromatic rings. The molecule has 0 unspecified atom stereocenters. The van der Waals surface area contributed by atoms with E-state index in [2.05, 4.69) is 29.4 Å². The minimum absolute atomic E-state index is 0.00308. The van der Waals surface area contributed by atoms with Crippen molar-refractivity contribution < 1.29 is 18.7 Å². The Balaban J connectivity index is 1.11. The standard InChI is InChI=1S/C32H37FN4O3Si/c1-21-28(40-29(31(21)41(2,3)33)16-18-36-20-24(17-19-38)34-35-36)15-12-22-10-13-25(14-11-22)37-27-9-5-7-23-6-4-8-26(30(23)27)32(37)39/h4-11,13-14,20-21,28-29,31,38H,12,15-19H2,1-3H3/t21-,28+,29-,31+/m0/s1. The molecule has 2 aliphatic heterocycles. The van der Waals surface area contributed by atoms with Crippen LogP contribution in [-0.4, -0.2) is 53.2 Å². The van der Waals surface area contributed by atoms with Gasteiger partial charge in [-0.3, -0.25) is 14.4 Å². The Morgan fingerprint density at radius 2 is 1.76 bits per heavy atom. The number of anilines is 2. The van der Waals surface area contributed by atoms with Crippen LogP contribution in [0.25, 0.3) is 10.8 Å². The molecule has 0 aliphatic carbocycles. The van der Waals surface area contributed by atoms with E-state index in [9.17, 15) is 4.79 Å². The normalized spacial score (nSPS) is 22.3. The predicted molar refractivity (Wildman–Crippen MR) is 161 cm³/mol. The van der Waals surface area contributed by atoms with Crippen molar-refractivity contribution in [2.75, 3.05) is 11.5 Å². The first-order valence-corrected chi connectivity index (χ1v) is 17.5. The summed E-state index contributed by atoms with van der Waals surface area (Å²) in [6.07, 6.45) is 4.47. The van der Waals surface area contributed by atoms with Gasteiger partial charge >= 0.3 is 0 Å². The summed E-state index contributed by atoms with van der Waals surface area (Å²) >= 11 is 0. The molecule has 214 valence electrons. The number of aromatic nitrogens is 3. The lowest BCUT2D eigenvalue weighted by atomic mass is 9.95. The number of benzene rings is 3. The van der Waals surface area contributed by atoms with Crippen molar-refractivity contribution in [2.24, 2.45) is 5.92 Å². The Morgan fingerprint density at radius 3 is 2.49 bits per heavy atom. The summed E-state index contributed by atoms with van der Waals surface area (Å²) in [5, 5.41) is 19.5. The zero-order valence-electron chi connectivity index (χ0n) is 23.8. The van der Waals surface area contributed by atoms with Crippen LogP contribution in [0.5, 0.6) is 0 Å². The first-order valence-electron chi connectivity index (χ1n) is 14.5. The maximum atomic E-state index is 15.5. The number of nitrogens with zero attached hydrogens (tertiary/aromatic N) is 4. The van der Waals surface area contributed by atoms with E-state index >= 15 is 4.11 Å². The van der Waals surface area contributed by atoms with E-state index in [-0.39, 0.29) is 36.2 Å². The van der Waals surface area contributed by atoms with Crippen molar-refractivity contribution in [2.45, 2.75) is 70.0 Å². The molecule has 1 aromatic heterocycles. The zero-order chi connectivity index (χ0) is 28.7. The molecule has 6 rings (SSSR count). The highest BCUT2D eigenvalue weighted by Crippen LogP contribution is 2.47. The Bertz CT molecular complexity index is 1550. The number of amides is 1. The van der Waals surface area contributed by atoms with Gasteiger partial charge < -0.3 is 14.0 Å². The fourth-order valence-corrected chi connectivity index (χ4v) is 9.47. The SMILES string of the molecule is C[C@@H]1[C@@H]([Si](C)(C)F)[C@H](CCn2cc(CCO)nn2)O[C@@H]1CCc1ccc(N2C(=O)c3cccc4cccc2c34)cc1. The molecule has 3 aromatic carbocycles. The van der Waals surface area contributed by atoms with Crippen LogP contribution in [0.1, 0.15) is 41.4 Å². The molecule has 0 bridgehead atoms. The summed E-state index contributed by atoms with van der Waals surface area (Å²) in [5.41, 5.74) is 4.36. The van der Waals surface area contributed by atoms with Crippen LogP contribution in [0, 0.1) is 5.92 Å². The van der Waals surface area contributed by atoms with Crippen LogP contribution >= 0.6 is 0 Å². The number of carbonyl (C=O) groups excluding carboxylic acids is 1. The van der Waals surface area contributed by atoms with Gasteiger partial charge in [-0.15, -0.1) is 5.10 Å². The lowest BCUT2D eigenvalue weighted by Crippen LogP contribution is -2.36. The second-order valence-corrected chi connectivity index (χ2v) is 15.7. The van der Waals surface area contributed by atoms with Gasteiger partial charge in [0, 0.05) is 42.4 Å². The van der Waals surface area contributed by atoms with Crippen molar-refractivity contribution in [1.29, 1.82) is 0 Å². The first-order chi connectivity index (χ1) is 19.7. The highest BCUT2D eigenvalue weighted by atomic mass is 28.4. The summed E-state index contributed by atoms with van der Waals surface area (Å²) in [6, 6.07) is 20.1. The second-order valence-electron chi connectivity index (χ2n) is 11.9. The molecule has 1 amide bonds. The summed E-state index contributed by atoms with van der Waals surface area (Å²) in [7, 11) is -2.96. The summed E-state index contributed by atoms with van der Waals surface area (Å²) in [5.74, 6) is 0.135. The largest absolute Gasteiger partial charge is 0.396 e. The van der Waals surface area contributed by atoms with Crippen molar-refractivity contribution in [1.82, 2.24) is 15.0 Å². The number of carbonyl (C=O) groups is 1. The summed E-state index contributed by atoms with van der Waals surface area (Å²) < 4.78 is 23.8. The Labute approximate surface area is 241 Å². The molecule has 41 heavy (non-hydrogen) atoms. The van der Waals surface area contributed by atoms with Gasteiger partial charge in [0.25, 0.3) is 5.91 Å². The Kier molecular flexibility index (Phi) is 7.52. The fourth-order valence-electron chi connectivity index (χ4n) is 6.88. The molecule has 0 saturated carbocycles. The first kappa shape index (κ1) is 27.8. The number of aryl methyl sites for hydroxylation is 2. The van der Waals surface area contributed by atoms with Gasteiger partial charge in [0.15, 0.2) is 0 Å². The van der Waals surface area contributed by atoms with Crippen LogP contribution in [0.4, 0.5) is 15.5 Å². The molecule has 0 spiro atoms. The van der Waals surface area contributed by atoms with E-state index < -0.39 is 8.41 Å². The third-order valence-electron chi connectivity index (χ3n) is 8.76. The van der Waals surface area contributed by atoms with Gasteiger partial charge in [-0.05, 0) is 73.5 Å². The molecule has 3 heterocycles. The summed E-state index contributed by atoms with van der Waals surface area (Å²) in [6.45, 7) is 6.37. The smallest absolute Gasteiger partial charge is 0.263 e. The molecule has 1 fully saturated rings. The fraction of sp³-hybridized carbons (Fsp3) is 0.406. The van der Waals surface area contributed by atoms with Crippen molar-refractivity contribution >= 4 is 36.5 Å². The van der Waals surface area contributed by atoms with E-state index in [1.54, 1.807) is 22.7 Å². The van der Waals surface area contributed by atoms with E-state index in [0.29, 0.717) is 19.4 Å². The van der Waals surface area contributed by atoms with Crippen molar-refractivity contribution in [3.8, 4) is 0 Å². The second kappa shape index (κ2) is 11.1. The van der Waals surface area contributed by atoms with E-state index in [1.165, 1.54) is 5.56 Å². The molecule has 1 N–H and O–H groups in total. The molecule has 7 nitrogen and oxygen atoms in total. The average molecular weight is 573 g/mol. The maximum Gasteiger partial charge on any atom is 0.263 e. The van der Waals surface area contributed by atoms with Crippen molar-refractivity contribution in [3.63, 3.8) is 0 Å². The molecule has 1 saturated heterocycles. The number of hydrogen-bond donors (Lipinski definition) is 1. The predicted octanol–water partition coefficient (Wildman–Crippen LogP) is 6.23. The van der Waals surface area contributed by atoms with E-state index in [1.807, 2.05) is 54.7 Å². The molecule has 9 heteroatoms. The molecule has 0 radical (unpaired) electrons. The summed E-state index contributed by atoms with van der Waals surface area (Å²) in [4.78, 5) is 15.1. The number of aliphatic hydroxyl groups is 1. The molecule has 2 aliphatic rings. The van der Waals surface area contributed by atoms with Crippen LogP contribution in [0.2, 0.25) is 18.6 Å². The Morgan fingerprint density at radius 1 is 1.00 bits per heavy atom. The highest BCUT2D eigenvalue weighted by molar-refractivity contribution is 6.72. The minimum Gasteiger partial charge on any atom is -0.396 e. The van der Waals surface area contributed by atoms with Crippen LogP contribution < -0.4 is 4.90 Å². The average Bonchev–Trinajstić information content (AvgIpc) is 3.62.